The maximum absolute atomic E-state index is 14.9. The second-order valence-corrected chi connectivity index (χ2v) is 12.4. The van der Waals surface area contributed by atoms with Gasteiger partial charge >= 0.3 is 7.12 Å². The minimum atomic E-state index is -1.16. The summed E-state index contributed by atoms with van der Waals surface area (Å²) in [7, 11) is -0.687. The van der Waals surface area contributed by atoms with Gasteiger partial charge in [-0.1, -0.05) is 6.07 Å². The van der Waals surface area contributed by atoms with E-state index in [0.717, 1.165) is 12.8 Å². The second kappa shape index (κ2) is 8.53. The lowest BCUT2D eigenvalue weighted by atomic mass is 9.79. The third-order valence-corrected chi connectivity index (χ3v) is 8.85. The molecule has 178 valence electrons. The van der Waals surface area contributed by atoms with Gasteiger partial charge in [-0.25, -0.2) is 9.37 Å². The lowest BCUT2D eigenvalue weighted by Gasteiger charge is -2.32. The molecule has 1 aromatic carbocycles. The average molecular weight is 493 g/mol. The molecule has 4 rings (SSSR count). The Labute approximate surface area is 201 Å². The zero-order valence-electron chi connectivity index (χ0n) is 19.7. The van der Waals surface area contributed by atoms with Gasteiger partial charge in [-0.2, -0.15) is 4.72 Å². The molecule has 2 heterocycles. The minimum absolute atomic E-state index is 0.0664. The molecule has 1 saturated heterocycles. The van der Waals surface area contributed by atoms with Gasteiger partial charge in [-0.05, 0) is 59.1 Å². The fourth-order valence-corrected chi connectivity index (χ4v) is 5.32. The van der Waals surface area contributed by atoms with E-state index in [2.05, 4.69) is 15.0 Å². The number of nitrogens with one attached hydrogen (secondary N) is 2. The summed E-state index contributed by atoms with van der Waals surface area (Å²) in [6.45, 7) is 11.2. The fraction of sp³-hybridized carbons (Fsp3) is 0.545. The second-order valence-electron chi connectivity index (χ2n) is 10.0. The molecule has 2 fully saturated rings. The molecular formula is C22H29BFN3O4S2. The SMILES string of the molecule is CC(C)(C(=O)Nc1ccc(B2OC(C)(C)C(C)(C)O2)cc1F)c1csc(N[S+]([O-])C2CC2)n1. The summed E-state index contributed by atoms with van der Waals surface area (Å²) in [6.07, 6.45) is 1.90. The van der Waals surface area contributed by atoms with Crippen molar-refractivity contribution < 1.29 is 23.0 Å². The van der Waals surface area contributed by atoms with E-state index >= 15 is 0 Å². The predicted molar refractivity (Wildman–Crippen MR) is 131 cm³/mol. The quantitative estimate of drug-likeness (QED) is 0.451. The van der Waals surface area contributed by atoms with Gasteiger partial charge in [0.2, 0.25) is 11.0 Å². The van der Waals surface area contributed by atoms with Gasteiger partial charge in [0.15, 0.2) is 0 Å². The maximum Gasteiger partial charge on any atom is 0.494 e. The number of hydrogen-bond acceptors (Lipinski definition) is 7. The summed E-state index contributed by atoms with van der Waals surface area (Å²) in [5.74, 6) is -0.975. The van der Waals surface area contributed by atoms with Crippen molar-refractivity contribution in [3.63, 3.8) is 0 Å². The predicted octanol–water partition coefficient (Wildman–Crippen LogP) is 3.74. The number of hydrogen-bond donors (Lipinski definition) is 2. The fourth-order valence-electron chi connectivity index (χ4n) is 3.21. The van der Waals surface area contributed by atoms with Crippen molar-refractivity contribution in [1.82, 2.24) is 4.98 Å². The number of amides is 1. The Hall–Kier alpha value is -1.66. The standard InChI is InChI=1S/C22H29BFN3O4S2/c1-20(2,17-12-32-19(26-17)27-33(29)14-8-9-14)18(28)25-16-10-7-13(11-15(16)24)23-30-21(3,4)22(5,6)31-23/h7,10-12,14H,8-9H2,1-6H3,(H,25,28)(H,26,27). The zero-order chi connectivity index (χ0) is 24.2. The van der Waals surface area contributed by atoms with E-state index in [9.17, 15) is 13.7 Å². The van der Waals surface area contributed by atoms with E-state index < -0.39 is 46.8 Å². The Morgan fingerprint density at radius 3 is 2.48 bits per heavy atom. The van der Waals surface area contributed by atoms with Crippen LogP contribution >= 0.6 is 11.3 Å². The molecule has 1 unspecified atom stereocenters. The first-order chi connectivity index (χ1) is 15.3. The van der Waals surface area contributed by atoms with Crippen LogP contribution in [0, 0.1) is 5.82 Å². The molecule has 1 atom stereocenters. The molecule has 1 aliphatic heterocycles. The van der Waals surface area contributed by atoms with Crippen molar-refractivity contribution in [2.45, 2.75) is 76.3 Å². The molecule has 11 heteroatoms. The Balaban J connectivity index is 1.44. The average Bonchev–Trinajstić information content (AvgIpc) is 3.42. The van der Waals surface area contributed by atoms with E-state index in [1.54, 1.807) is 25.3 Å². The number of thiazole rings is 1. The summed E-state index contributed by atoms with van der Waals surface area (Å²) < 4.78 is 41.8. The molecule has 1 saturated carbocycles. The summed E-state index contributed by atoms with van der Waals surface area (Å²) in [5.41, 5.74) is -0.947. The number of anilines is 2. The van der Waals surface area contributed by atoms with E-state index in [1.165, 1.54) is 23.5 Å². The maximum atomic E-state index is 14.9. The number of aromatic nitrogens is 1. The largest absolute Gasteiger partial charge is 0.593 e. The van der Waals surface area contributed by atoms with Crippen LogP contribution in [0.2, 0.25) is 0 Å². The first-order valence-electron chi connectivity index (χ1n) is 10.9. The number of nitrogens with zero attached hydrogens (tertiary/aromatic N) is 1. The lowest BCUT2D eigenvalue weighted by molar-refractivity contribution is -0.120. The summed E-state index contributed by atoms with van der Waals surface area (Å²) in [5, 5.41) is 5.11. The third-order valence-electron chi connectivity index (χ3n) is 6.49. The minimum Gasteiger partial charge on any atom is -0.593 e. The summed E-state index contributed by atoms with van der Waals surface area (Å²) in [6, 6.07) is 4.52. The number of carbonyl (C=O) groups is 1. The van der Waals surface area contributed by atoms with Crippen LogP contribution in [0.1, 0.15) is 60.1 Å². The highest BCUT2D eigenvalue weighted by Crippen LogP contribution is 2.37. The van der Waals surface area contributed by atoms with Gasteiger partial charge in [0, 0.05) is 18.2 Å². The molecule has 0 spiro atoms. The first-order valence-corrected chi connectivity index (χ1v) is 13.0. The number of carbonyl (C=O) groups excluding carboxylic acids is 1. The smallest absolute Gasteiger partial charge is 0.494 e. The van der Waals surface area contributed by atoms with Crippen molar-refractivity contribution in [2.24, 2.45) is 0 Å². The molecule has 2 aliphatic rings. The van der Waals surface area contributed by atoms with Crippen LogP contribution in [0.5, 0.6) is 0 Å². The van der Waals surface area contributed by atoms with Crippen LogP contribution in [0.15, 0.2) is 23.6 Å². The van der Waals surface area contributed by atoms with Crippen LogP contribution < -0.4 is 15.5 Å². The van der Waals surface area contributed by atoms with Crippen molar-refractivity contribution >= 4 is 52.0 Å². The first kappa shape index (κ1) is 24.5. The van der Waals surface area contributed by atoms with E-state index in [0.29, 0.717) is 16.3 Å². The van der Waals surface area contributed by atoms with Gasteiger partial charge in [-0.15, -0.1) is 11.3 Å². The highest BCUT2D eigenvalue weighted by molar-refractivity contribution is 7.93. The highest BCUT2D eigenvalue weighted by Gasteiger charge is 2.51. The molecule has 0 radical (unpaired) electrons. The van der Waals surface area contributed by atoms with Crippen molar-refractivity contribution in [3.8, 4) is 0 Å². The normalized spacial score (nSPS) is 20.5. The van der Waals surface area contributed by atoms with Crippen LogP contribution in [0.25, 0.3) is 0 Å². The van der Waals surface area contributed by atoms with E-state index in [4.69, 9.17) is 9.31 Å². The molecule has 7 nitrogen and oxygen atoms in total. The summed E-state index contributed by atoms with van der Waals surface area (Å²) >= 11 is 0.139. The monoisotopic (exact) mass is 493 g/mol. The summed E-state index contributed by atoms with van der Waals surface area (Å²) in [4.78, 5) is 17.4. The number of halogens is 1. The molecule has 2 N–H and O–H groups in total. The van der Waals surface area contributed by atoms with Crippen LogP contribution in [-0.2, 0) is 30.9 Å². The zero-order valence-corrected chi connectivity index (χ0v) is 21.3. The molecule has 1 amide bonds. The van der Waals surface area contributed by atoms with Crippen molar-refractivity contribution in [1.29, 1.82) is 0 Å². The Morgan fingerprint density at radius 1 is 1.27 bits per heavy atom. The molecular weight excluding hydrogens is 464 g/mol. The van der Waals surface area contributed by atoms with Crippen LogP contribution in [0.4, 0.5) is 15.2 Å². The van der Waals surface area contributed by atoms with Crippen LogP contribution in [-0.4, -0.2) is 39.0 Å². The molecule has 2 aromatic rings. The van der Waals surface area contributed by atoms with E-state index in [1.807, 2.05) is 27.7 Å². The Bertz CT molecular complexity index is 1040. The molecule has 1 aliphatic carbocycles. The molecule has 0 bridgehead atoms. The van der Waals surface area contributed by atoms with Gasteiger partial charge in [0.1, 0.15) is 11.1 Å². The number of rotatable bonds is 7. The molecule has 1 aromatic heterocycles. The highest BCUT2D eigenvalue weighted by atomic mass is 32.2. The third kappa shape index (κ3) is 4.93. The number of benzene rings is 1. The Kier molecular flexibility index (Phi) is 6.33. The van der Waals surface area contributed by atoms with Crippen molar-refractivity contribution in [2.75, 3.05) is 10.0 Å². The van der Waals surface area contributed by atoms with Gasteiger partial charge in [0.05, 0.1) is 39.4 Å². The lowest BCUT2D eigenvalue weighted by Crippen LogP contribution is -2.41. The molecule has 33 heavy (non-hydrogen) atoms. The Morgan fingerprint density at radius 2 is 1.91 bits per heavy atom. The van der Waals surface area contributed by atoms with Crippen molar-refractivity contribution in [3.05, 3.63) is 35.1 Å². The van der Waals surface area contributed by atoms with E-state index in [-0.39, 0.29) is 10.9 Å². The van der Waals surface area contributed by atoms with Gasteiger partial charge < -0.3 is 19.2 Å². The van der Waals surface area contributed by atoms with Gasteiger partial charge in [0.25, 0.3) is 0 Å². The van der Waals surface area contributed by atoms with Crippen LogP contribution in [0.3, 0.4) is 0 Å². The van der Waals surface area contributed by atoms with Gasteiger partial charge in [-0.3, -0.25) is 4.79 Å². The topological polar surface area (TPSA) is 95.5 Å².